The Labute approximate surface area is 241 Å². The summed E-state index contributed by atoms with van der Waals surface area (Å²) in [5.41, 5.74) is 3.13. The molecule has 0 saturated heterocycles. The first-order valence-electron chi connectivity index (χ1n) is 12.4. The number of Topliss-reactive ketones (excluding diaryl/α,β-unsaturated/α-hetero) is 1. The molecule has 200 valence electrons. The summed E-state index contributed by atoms with van der Waals surface area (Å²) in [7, 11) is 0. The summed E-state index contributed by atoms with van der Waals surface area (Å²) < 4.78 is 19.3. The molecule has 6 rings (SSSR count). The first kappa shape index (κ1) is 26.2. The van der Waals surface area contributed by atoms with Crippen molar-refractivity contribution in [2.45, 2.75) is 0 Å². The molecule has 0 radical (unpaired) electrons. The third kappa shape index (κ3) is 4.92. The highest BCUT2D eigenvalue weighted by molar-refractivity contribution is 9.10. The molecule has 0 N–H and O–H groups in total. The van der Waals surface area contributed by atoms with E-state index in [1.165, 1.54) is 12.1 Å². The number of fused-ring (bicyclic) bond motifs is 2. The van der Waals surface area contributed by atoms with Crippen LogP contribution in [0.4, 0.5) is 10.1 Å². The Morgan fingerprint density at radius 3 is 2.15 bits per heavy atom. The van der Waals surface area contributed by atoms with Gasteiger partial charge in [0.2, 0.25) is 0 Å². The van der Waals surface area contributed by atoms with Gasteiger partial charge in [-0.15, -0.1) is 0 Å². The number of amides is 2. The summed E-state index contributed by atoms with van der Waals surface area (Å²) in [5, 5.41) is 0.519. The minimum atomic E-state index is -0.727. The number of benzene rings is 4. The first-order chi connectivity index (χ1) is 19.8. The lowest BCUT2D eigenvalue weighted by atomic mass is 10.0. The molecule has 1 aromatic heterocycles. The van der Waals surface area contributed by atoms with Crippen molar-refractivity contribution in [3.8, 4) is 11.3 Å². The maximum Gasteiger partial charge on any atom is 0.339 e. The average molecular weight is 609 g/mol. The third-order valence-corrected chi connectivity index (χ3v) is 7.20. The number of carbonyl (C=O) groups is 4. The number of halogens is 2. The second kappa shape index (κ2) is 10.5. The molecule has 2 heterocycles. The zero-order valence-corrected chi connectivity index (χ0v) is 22.7. The Kier molecular flexibility index (Phi) is 6.72. The van der Waals surface area contributed by atoms with Crippen LogP contribution in [0.5, 0.6) is 0 Å². The van der Waals surface area contributed by atoms with Crippen LogP contribution < -0.4 is 4.90 Å². The Morgan fingerprint density at radius 1 is 0.829 bits per heavy atom. The van der Waals surface area contributed by atoms with E-state index in [9.17, 15) is 23.6 Å². The molecule has 1 aliphatic rings. The van der Waals surface area contributed by atoms with Gasteiger partial charge in [-0.25, -0.2) is 19.1 Å². The van der Waals surface area contributed by atoms with E-state index in [0.717, 1.165) is 21.5 Å². The molecule has 0 bridgehead atoms. The van der Waals surface area contributed by atoms with Crippen molar-refractivity contribution in [1.82, 2.24) is 4.98 Å². The molecular formula is C32H18BrFN2O5. The Hall–Kier alpha value is -5.02. The fourth-order valence-electron chi connectivity index (χ4n) is 4.65. The number of anilines is 1. The number of imide groups is 1. The van der Waals surface area contributed by atoms with Crippen molar-refractivity contribution >= 4 is 56.1 Å². The molecule has 0 saturated carbocycles. The molecule has 5 aromatic rings. The van der Waals surface area contributed by atoms with E-state index < -0.39 is 36.0 Å². The van der Waals surface area contributed by atoms with Crippen LogP contribution in [0.1, 0.15) is 41.4 Å². The van der Waals surface area contributed by atoms with Gasteiger partial charge in [-0.3, -0.25) is 14.4 Å². The van der Waals surface area contributed by atoms with E-state index in [-0.39, 0.29) is 11.1 Å². The molecule has 9 heteroatoms. The molecule has 4 aromatic carbocycles. The maximum atomic E-state index is 13.2. The number of hydrogen-bond acceptors (Lipinski definition) is 6. The van der Waals surface area contributed by atoms with Crippen molar-refractivity contribution in [3.63, 3.8) is 0 Å². The Bertz CT molecular complexity index is 1850. The summed E-state index contributed by atoms with van der Waals surface area (Å²) in [6.07, 6.45) is 0. The molecule has 0 atom stereocenters. The lowest BCUT2D eigenvalue weighted by Gasteiger charge is -2.15. The van der Waals surface area contributed by atoms with E-state index in [4.69, 9.17) is 9.72 Å². The van der Waals surface area contributed by atoms with Crippen LogP contribution in [-0.4, -0.2) is 35.2 Å². The molecule has 0 spiro atoms. The van der Waals surface area contributed by atoms with E-state index in [2.05, 4.69) is 15.9 Å². The molecule has 0 aliphatic carbocycles. The van der Waals surface area contributed by atoms with Crippen molar-refractivity contribution in [2.24, 2.45) is 0 Å². The zero-order valence-electron chi connectivity index (χ0n) is 21.1. The predicted octanol–water partition coefficient (Wildman–Crippen LogP) is 6.64. The van der Waals surface area contributed by atoms with Crippen LogP contribution in [0, 0.1) is 5.82 Å². The quantitative estimate of drug-likeness (QED) is 0.122. The Balaban J connectivity index is 1.29. The van der Waals surface area contributed by atoms with Gasteiger partial charge in [-0.05, 0) is 72.8 Å². The van der Waals surface area contributed by atoms with E-state index in [1.54, 1.807) is 72.8 Å². The second-order valence-corrected chi connectivity index (χ2v) is 10.2. The topological polar surface area (TPSA) is 93.6 Å². The van der Waals surface area contributed by atoms with E-state index in [0.29, 0.717) is 39.0 Å². The standard InChI is InChI=1S/C32H18BrFN2O5/c33-20-9-14-27-25(15-20)26(32(40)41-17-29(37)19-5-10-21(34)11-6-19)16-28(35-27)18-7-12-22(13-8-18)36-30(38)23-3-1-2-4-24(23)31(36)39/h1-16H,17H2. The number of ether oxygens (including phenoxy) is 1. The van der Waals surface area contributed by atoms with Crippen LogP contribution in [0.25, 0.3) is 22.2 Å². The average Bonchev–Trinajstić information content (AvgIpc) is 3.25. The van der Waals surface area contributed by atoms with Crippen LogP contribution in [0.3, 0.4) is 0 Å². The van der Waals surface area contributed by atoms with Crippen LogP contribution >= 0.6 is 15.9 Å². The molecule has 2 amide bonds. The normalized spacial score (nSPS) is 12.5. The third-order valence-electron chi connectivity index (χ3n) is 6.71. The molecule has 1 aliphatic heterocycles. The largest absolute Gasteiger partial charge is 0.454 e. The van der Waals surface area contributed by atoms with Gasteiger partial charge in [0.1, 0.15) is 5.82 Å². The molecule has 7 nitrogen and oxygen atoms in total. The van der Waals surface area contributed by atoms with E-state index in [1.807, 2.05) is 0 Å². The molecule has 0 unspecified atom stereocenters. The summed E-state index contributed by atoms with van der Waals surface area (Å²) in [6.45, 7) is -0.521. The zero-order chi connectivity index (χ0) is 28.7. The van der Waals surface area contributed by atoms with Crippen LogP contribution in [0.2, 0.25) is 0 Å². The number of rotatable bonds is 6. The van der Waals surface area contributed by atoms with Gasteiger partial charge in [-0.2, -0.15) is 0 Å². The molecule has 0 fully saturated rings. The van der Waals surface area contributed by atoms with Crippen LogP contribution in [0.15, 0.2) is 102 Å². The first-order valence-corrected chi connectivity index (χ1v) is 13.2. The number of aromatic nitrogens is 1. The minimum absolute atomic E-state index is 0.197. The number of esters is 1. The smallest absolute Gasteiger partial charge is 0.339 e. The lowest BCUT2D eigenvalue weighted by Crippen LogP contribution is -2.29. The second-order valence-electron chi connectivity index (χ2n) is 9.26. The van der Waals surface area contributed by atoms with E-state index >= 15 is 0 Å². The molecular weight excluding hydrogens is 591 g/mol. The van der Waals surface area contributed by atoms with Gasteiger partial charge >= 0.3 is 5.97 Å². The minimum Gasteiger partial charge on any atom is -0.454 e. The van der Waals surface area contributed by atoms with Crippen molar-refractivity contribution < 1.29 is 28.3 Å². The van der Waals surface area contributed by atoms with Crippen molar-refractivity contribution in [3.05, 3.63) is 130 Å². The molecule has 41 heavy (non-hydrogen) atoms. The van der Waals surface area contributed by atoms with Gasteiger partial charge in [0.15, 0.2) is 12.4 Å². The van der Waals surface area contributed by atoms with Gasteiger partial charge in [0.25, 0.3) is 11.8 Å². The maximum absolute atomic E-state index is 13.2. The number of carbonyl (C=O) groups excluding carboxylic acids is 4. The van der Waals surface area contributed by atoms with Crippen molar-refractivity contribution in [2.75, 3.05) is 11.5 Å². The van der Waals surface area contributed by atoms with Gasteiger partial charge in [-0.1, -0.05) is 40.2 Å². The van der Waals surface area contributed by atoms with Gasteiger partial charge < -0.3 is 4.74 Å². The predicted molar refractivity (Wildman–Crippen MR) is 153 cm³/mol. The number of nitrogens with zero attached hydrogens (tertiary/aromatic N) is 2. The highest BCUT2D eigenvalue weighted by Gasteiger charge is 2.36. The Morgan fingerprint density at radius 2 is 1.49 bits per heavy atom. The SMILES string of the molecule is O=C(COC(=O)c1cc(-c2ccc(N3C(=O)c4ccccc4C3=O)cc2)nc2ccc(Br)cc12)c1ccc(F)cc1. The summed E-state index contributed by atoms with van der Waals surface area (Å²) >= 11 is 3.41. The highest BCUT2D eigenvalue weighted by atomic mass is 79.9. The number of ketones is 1. The van der Waals surface area contributed by atoms with Crippen molar-refractivity contribution in [1.29, 1.82) is 0 Å². The monoisotopic (exact) mass is 608 g/mol. The lowest BCUT2D eigenvalue weighted by molar-refractivity contribution is 0.0476. The summed E-state index contributed by atoms with van der Waals surface area (Å²) in [4.78, 5) is 57.2. The van der Waals surface area contributed by atoms with Gasteiger partial charge in [0, 0.05) is 21.0 Å². The van der Waals surface area contributed by atoms with Gasteiger partial charge in [0.05, 0.1) is 33.6 Å². The summed E-state index contributed by atoms with van der Waals surface area (Å²) in [6, 6.07) is 25.2. The highest BCUT2D eigenvalue weighted by Crippen LogP contribution is 2.32. The van der Waals surface area contributed by atoms with Crippen LogP contribution in [-0.2, 0) is 4.74 Å². The summed E-state index contributed by atoms with van der Waals surface area (Å²) in [5.74, 6) is -2.46. The number of hydrogen-bond donors (Lipinski definition) is 0. The fraction of sp³-hybridized carbons (Fsp3) is 0.0312. The number of pyridine rings is 1. The fourth-order valence-corrected chi connectivity index (χ4v) is 5.01.